The topological polar surface area (TPSA) is 120 Å². The van der Waals surface area contributed by atoms with Gasteiger partial charge in [-0.2, -0.15) is 0 Å². The minimum Gasteiger partial charge on any atom is -0.503 e. The molecular formula is C19H23N3O5. The molecule has 2 heterocycles. The van der Waals surface area contributed by atoms with E-state index in [-0.39, 0.29) is 17.3 Å². The molecular weight excluding hydrogens is 350 g/mol. The van der Waals surface area contributed by atoms with Gasteiger partial charge in [0.15, 0.2) is 11.5 Å². The van der Waals surface area contributed by atoms with Crippen molar-refractivity contribution in [1.29, 1.82) is 0 Å². The Bertz CT molecular complexity index is 773. The number of pyridine rings is 1. The molecule has 0 spiro atoms. The Labute approximate surface area is 156 Å². The van der Waals surface area contributed by atoms with Gasteiger partial charge in [-0.15, -0.1) is 0 Å². The highest BCUT2D eigenvalue weighted by molar-refractivity contribution is 6.11. The number of nitrogens with zero attached hydrogens (tertiary/aromatic N) is 2. The molecule has 8 heteroatoms. The molecule has 2 atom stereocenters. The van der Waals surface area contributed by atoms with E-state index in [0.29, 0.717) is 18.4 Å². The first-order valence-electron chi connectivity index (χ1n) is 9.15. The molecule has 0 aromatic carbocycles. The van der Waals surface area contributed by atoms with Gasteiger partial charge >= 0.3 is 0 Å². The average molecular weight is 373 g/mol. The fourth-order valence-electron chi connectivity index (χ4n) is 3.50. The van der Waals surface area contributed by atoms with Crippen molar-refractivity contribution in [1.82, 2.24) is 15.4 Å². The van der Waals surface area contributed by atoms with Crippen LogP contribution in [0.3, 0.4) is 0 Å². The zero-order valence-electron chi connectivity index (χ0n) is 15.1. The lowest BCUT2D eigenvalue weighted by Gasteiger charge is -2.33. The molecule has 144 valence electrons. The van der Waals surface area contributed by atoms with Crippen LogP contribution in [0.15, 0.2) is 35.9 Å². The van der Waals surface area contributed by atoms with Crippen LogP contribution in [0.2, 0.25) is 0 Å². The van der Waals surface area contributed by atoms with Crippen molar-refractivity contribution in [2.45, 2.75) is 51.1 Å². The lowest BCUT2D eigenvalue weighted by atomic mass is 9.93. The van der Waals surface area contributed by atoms with E-state index < -0.39 is 29.7 Å². The summed E-state index contributed by atoms with van der Waals surface area (Å²) >= 11 is 0. The summed E-state index contributed by atoms with van der Waals surface area (Å²) in [5.74, 6) is -2.58. The van der Waals surface area contributed by atoms with Gasteiger partial charge in [-0.25, -0.2) is 5.48 Å². The second kappa shape index (κ2) is 7.87. The van der Waals surface area contributed by atoms with E-state index in [0.717, 1.165) is 19.3 Å². The van der Waals surface area contributed by atoms with Crippen molar-refractivity contribution in [2.75, 3.05) is 0 Å². The Morgan fingerprint density at radius 2 is 2.00 bits per heavy atom. The number of rotatable bonds is 8. The average Bonchev–Trinajstić information content (AvgIpc) is 3.50. The van der Waals surface area contributed by atoms with Crippen LogP contribution in [0.4, 0.5) is 0 Å². The van der Waals surface area contributed by atoms with E-state index in [9.17, 15) is 19.5 Å². The minimum absolute atomic E-state index is 0.0286. The van der Waals surface area contributed by atoms with Crippen molar-refractivity contribution < 1.29 is 24.7 Å². The number of aliphatic hydroxyl groups excluding tert-OH is 1. The zero-order valence-corrected chi connectivity index (χ0v) is 15.1. The largest absolute Gasteiger partial charge is 0.503 e. The van der Waals surface area contributed by atoms with Crippen LogP contribution in [0.5, 0.6) is 0 Å². The van der Waals surface area contributed by atoms with Crippen molar-refractivity contribution >= 4 is 17.6 Å². The monoisotopic (exact) mass is 373 g/mol. The number of aromatic nitrogens is 1. The van der Waals surface area contributed by atoms with Gasteiger partial charge in [-0.3, -0.25) is 24.6 Å². The number of ketones is 1. The number of hydrogen-bond donors (Lipinski definition) is 3. The predicted molar refractivity (Wildman–Crippen MR) is 94.5 cm³/mol. The quantitative estimate of drug-likeness (QED) is 0.472. The van der Waals surface area contributed by atoms with Crippen molar-refractivity contribution in [3.8, 4) is 0 Å². The summed E-state index contributed by atoms with van der Waals surface area (Å²) in [6.45, 7) is 1.94. The van der Waals surface area contributed by atoms with E-state index in [2.05, 4.69) is 4.98 Å². The SMILES string of the molecule is CCCCC(C(=O)NO)N1C(=O)C(O)=C(C(=O)C2CC2)C1c1ccncc1. The Hall–Kier alpha value is -2.74. The summed E-state index contributed by atoms with van der Waals surface area (Å²) in [6, 6.07) is 1.41. The summed E-state index contributed by atoms with van der Waals surface area (Å²) in [6.07, 6.45) is 6.22. The number of carbonyl (C=O) groups excluding carboxylic acids is 3. The van der Waals surface area contributed by atoms with Crippen LogP contribution < -0.4 is 5.48 Å². The van der Waals surface area contributed by atoms with Gasteiger partial charge in [0.1, 0.15) is 6.04 Å². The van der Waals surface area contributed by atoms with Gasteiger partial charge in [0.25, 0.3) is 11.8 Å². The standard InChI is InChI=1S/C19H23N3O5/c1-2-3-4-13(18(25)21-27)22-15(11-7-9-20-10-8-11)14(17(24)19(22)26)16(23)12-5-6-12/h7-10,12-13,15,24,27H,2-6H2,1H3,(H,21,25). The van der Waals surface area contributed by atoms with Gasteiger partial charge in [0.2, 0.25) is 0 Å². The molecule has 2 aliphatic rings. The smallest absolute Gasteiger partial charge is 0.290 e. The first-order valence-corrected chi connectivity index (χ1v) is 9.15. The molecule has 3 rings (SSSR count). The van der Waals surface area contributed by atoms with Gasteiger partial charge < -0.3 is 10.0 Å². The van der Waals surface area contributed by atoms with E-state index in [1.165, 1.54) is 17.3 Å². The third-order valence-electron chi connectivity index (χ3n) is 5.06. The number of carbonyl (C=O) groups is 3. The maximum Gasteiger partial charge on any atom is 0.290 e. The summed E-state index contributed by atoms with van der Waals surface area (Å²) < 4.78 is 0. The summed E-state index contributed by atoms with van der Waals surface area (Å²) in [5, 5.41) is 19.6. The van der Waals surface area contributed by atoms with Crippen LogP contribution in [0.25, 0.3) is 0 Å². The molecule has 2 amide bonds. The van der Waals surface area contributed by atoms with Crippen LogP contribution in [0, 0.1) is 5.92 Å². The number of Topliss-reactive ketones (excluding diaryl/α,β-unsaturated/α-hetero) is 1. The van der Waals surface area contributed by atoms with E-state index in [1.807, 2.05) is 6.92 Å². The fraction of sp³-hybridized carbons (Fsp3) is 0.474. The highest BCUT2D eigenvalue weighted by Gasteiger charge is 2.50. The Kier molecular flexibility index (Phi) is 5.55. The Morgan fingerprint density at radius 3 is 2.56 bits per heavy atom. The molecule has 8 nitrogen and oxygen atoms in total. The minimum atomic E-state index is -1.01. The molecule has 3 N–H and O–H groups in total. The fourth-order valence-corrected chi connectivity index (χ4v) is 3.50. The van der Waals surface area contributed by atoms with E-state index >= 15 is 0 Å². The third-order valence-corrected chi connectivity index (χ3v) is 5.06. The first-order chi connectivity index (χ1) is 13.0. The van der Waals surface area contributed by atoms with Crippen LogP contribution >= 0.6 is 0 Å². The lowest BCUT2D eigenvalue weighted by molar-refractivity contribution is -0.144. The number of nitrogens with one attached hydrogen (secondary N) is 1. The Morgan fingerprint density at radius 1 is 1.33 bits per heavy atom. The van der Waals surface area contributed by atoms with E-state index in [4.69, 9.17) is 5.21 Å². The van der Waals surface area contributed by atoms with Gasteiger partial charge in [-0.1, -0.05) is 19.8 Å². The predicted octanol–water partition coefficient (Wildman–Crippen LogP) is 1.82. The van der Waals surface area contributed by atoms with Crippen molar-refractivity contribution in [3.05, 3.63) is 41.4 Å². The highest BCUT2D eigenvalue weighted by Crippen LogP contribution is 2.44. The first kappa shape index (κ1) is 19.0. The normalized spacial score (nSPS) is 20.7. The van der Waals surface area contributed by atoms with Gasteiger partial charge in [0.05, 0.1) is 11.6 Å². The molecule has 0 bridgehead atoms. The summed E-state index contributed by atoms with van der Waals surface area (Å²) in [7, 11) is 0. The number of unbranched alkanes of at least 4 members (excludes halogenated alkanes) is 1. The Balaban J connectivity index is 2.07. The van der Waals surface area contributed by atoms with Crippen LogP contribution in [-0.4, -0.2) is 43.8 Å². The molecule has 1 aliphatic heterocycles. The van der Waals surface area contributed by atoms with Crippen LogP contribution in [0.1, 0.15) is 50.6 Å². The number of hydroxylamine groups is 1. The summed E-state index contributed by atoms with van der Waals surface area (Å²) in [5.41, 5.74) is 2.22. The maximum atomic E-state index is 12.9. The zero-order chi connectivity index (χ0) is 19.6. The second-order valence-corrected chi connectivity index (χ2v) is 6.93. The summed E-state index contributed by atoms with van der Waals surface area (Å²) in [4.78, 5) is 43.1. The molecule has 1 aromatic rings. The second-order valence-electron chi connectivity index (χ2n) is 6.93. The molecule has 2 unspecified atom stereocenters. The number of amides is 2. The number of aliphatic hydroxyl groups is 1. The molecule has 0 saturated heterocycles. The van der Waals surface area contributed by atoms with E-state index in [1.54, 1.807) is 17.6 Å². The molecule has 0 radical (unpaired) electrons. The lowest BCUT2D eigenvalue weighted by Crippen LogP contribution is -2.49. The molecule has 1 fully saturated rings. The number of hydrogen-bond acceptors (Lipinski definition) is 6. The van der Waals surface area contributed by atoms with Gasteiger partial charge in [0, 0.05) is 18.3 Å². The van der Waals surface area contributed by atoms with Gasteiger partial charge in [-0.05, 0) is 37.0 Å². The molecule has 1 saturated carbocycles. The maximum absolute atomic E-state index is 12.9. The van der Waals surface area contributed by atoms with Crippen LogP contribution in [-0.2, 0) is 14.4 Å². The molecule has 1 aliphatic carbocycles. The molecule has 27 heavy (non-hydrogen) atoms. The molecule has 1 aromatic heterocycles. The third kappa shape index (κ3) is 3.57. The highest BCUT2D eigenvalue weighted by atomic mass is 16.5. The van der Waals surface area contributed by atoms with Crippen molar-refractivity contribution in [3.63, 3.8) is 0 Å². The van der Waals surface area contributed by atoms with Crippen molar-refractivity contribution in [2.24, 2.45) is 5.92 Å².